The molecule has 8 heteroatoms. The van der Waals surface area contributed by atoms with Crippen LogP contribution in [0.3, 0.4) is 0 Å². The van der Waals surface area contributed by atoms with Gasteiger partial charge in [-0.25, -0.2) is 4.98 Å². The number of nitrogens with zero attached hydrogens (tertiary/aromatic N) is 2. The molecule has 2 aromatic heterocycles. The lowest BCUT2D eigenvalue weighted by Crippen LogP contribution is -2.24. The summed E-state index contributed by atoms with van der Waals surface area (Å²) in [6.45, 7) is 2.58. The molecule has 0 atom stereocenters. The fourth-order valence-electron chi connectivity index (χ4n) is 3.34. The molecule has 7 nitrogen and oxygen atoms in total. The van der Waals surface area contributed by atoms with Gasteiger partial charge >= 0.3 is 0 Å². The van der Waals surface area contributed by atoms with Gasteiger partial charge in [0.15, 0.2) is 5.16 Å². The first-order valence-corrected chi connectivity index (χ1v) is 11.1. The number of fused-ring (bicyclic) bond motifs is 3. The lowest BCUT2D eigenvalue weighted by molar-refractivity contribution is -0.113. The van der Waals surface area contributed by atoms with Gasteiger partial charge < -0.3 is 14.5 Å². The molecule has 4 aromatic rings. The van der Waals surface area contributed by atoms with Crippen molar-refractivity contribution >= 4 is 45.4 Å². The minimum atomic E-state index is -0.220. The van der Waals surface area contributed by atoms with Crippen molar-refractivity contribution in [2.24, 2.45) is 0 Å². The van der Waals surface area contributed by atoms with E-state index >= 15 is 0 Å². The average Bonchev–Trinajstić information content (AvgIpc) is 3.16. The summed E-state index contributed by atoms with van der Waals surface area (Å²) < 4.78 is 12.7. The van der Waals surface area contributed by atoms with Crippen molar-refractivity contribution in [1.82, 2.24) is 9.55 Å². The van der Waals surface area contributed by atoms with Gasteiger partial charge in [0.05, 0.1) is 18.6 Å². The highest BCUT2D eigenvalue weighted by atomic mass is 32.2. The van der Waals surface area contributed by atoms with Gasteiger partial charge in [-0.15, -0.1) is 0 Å². The molecule has 0 saturated heterocycles. The summed E-state index contributed by atoms with van der Waals surface area (Å²) in [5, 5.41) is 4.15. The summed E-state index contributed by atoms with van der Waals surface area (Å²) >= 11 is 1.24. The van der Waals surface area contributed by atoms with Crippen molar-refractivity contribution in [3.05, 3.63) is 58.9 Å². The first-order valence-electron chi connectivity index (χ1n) is 10.1. The number of amides is 1. The average molecular weight is 438 g/mol. The maximum absolute atomic E-state index is 13.1. The number of methoxy groups -OCH3 is 1. The number of ether oxygens (including phenoxy) is 1. The lowest BCUT2D eigenvalue weighted by atomic mass is 10.2. The molecule has 4 rings (SSSR count). The third-order valence-corrected chi connectivity index (χ3v) is 5.87. The molecule has 0 bridgehead atoms. The number of anilines is 1. The monoisotopic (exact) mass is 437 g/mol. The summed E-state index contributed by atoms with van der Waals surface area (Å²) in [6, 6.07) is 14.7. The van der Waals surface area contributed by atoms with Crippen LogP contribution >= 0.6 is 11.8 Å². The van der Waals surface area contributed by atoms with Crippen molar-refractivity contribution in [2.75, 3.05) is 18.2 Å². The van der Waals surface area contributed by atoms with Crippen molar-refractivity contribution in [1.29, 1.82) is 0 Å². The third-order valence-electron chi connectivity index (χ3n) is 4.90. The Morgan fingerprint density at radius 3 is 2.77 bits per heavy atom. The summed E-state index contributed by atoms with van der Waals surface area (Å²) in [7, 11) is 1.56. The van der Waals surface area contributed by atoms with Crippen LogP contribution in [-0.2, 0) is 11.3 Å². The van der Waals surface area contributed by atoms with Gasteiger partial charge in [-0.05, 0) is 30.7 Å². The van der Waals surface area contributed by atoms with Gasteiger partial charge in [0.2, 0.25) is 11.5 Å². The zero-order valence-corrected chi connectivity index (χ0v) is 18.2. The van der Waals surface area contributed by atoms with Crippen molar-refractivity contribution in [2.45, 2.75) is 31.5 Å². The molecule has 0 aliphatic heterocycles. The molecule has 0 fully saturated rings. The van der Waals surface area contributed by atoms with E-state index < -0.39 is 0 Å². The molecule has 0 aliphatic rings. The number of benzene rings is 2. The maximum Gasteiger partial charge on any atom is 0.297 e. The number of carbonyl (C=O) groups is 1. The molecule has 0 unspecified atom stereocenters. The Morgan fingerprint density at radius 2 is 1.97 bits per heavy atom. The zero-order chi connectivity index (χ0) is 21.8. The van der Waals surface area contributed by atoms with E-state index in [1.807, 2.05) is 36.4 Å². The van der Waals surface area contributed by atoms with Gasteiger partial charge in [0.1, 0.15) is 16.8 Å². The van der Waals surface area contributed by atoms with Crippen LogP contribution in [-0.4, -0.2) is 28.3 Å². The van der Waals surface area contributed by atoms with Gasteiger partial charge in [0.25, 0.3) is 5.56 Å². The number of hydrogen-bond acceptors (Lipinski definition) is 6. The van der Waals surface area contributed by atoms with E-state index in [-0.39, 0.29) is 22.8 Å². The van der Waals surface area contributed by atoms with Crippen LogP contribution in [0.1, 0.15) is 19.8 Å². The number of para-hydroxylation sites is 3. The number of nitrogens with one attached hydrogen (secondary N) is 1. The number of furan rings is 1. The van der Waals surface area contributed by atoms with Crippen LogP contribution in [0.2, 0.25) is 0 Å². The smallest absolute Gasteiger partial charge is 0.297 e. The zero-order valence-electron chi connectivity index (χ0n) is 17.4. The topological polar surface area (TPSA) is 86.4 Å². The molecule has 160 valence electrons. The number of unbranched alkanes of at least 4 members (excludes halogenated alkanes) is 1. The van der Waals surface area contributed by atoms with Crippen molar-refractivity contribution in [3.63, 3.8) is 0 Å². The Labute approximate surface area is 183 Å². The van der Waals surface area contributed by atoms with Gasteiger partial charge in [-0.3, -0.25) is 14.2 Å². The molecule has 0 aliphatic carbocycles. The molecule has 31 heavy (non-hydrogen) atoms. The SMILES string of the molecule is CCCCn1c(SCC(=O)Nc2ccccc2OC)nc2c(oc3ccccc32)c1=O. The highest BCUT2D eigenvalue weighted by molar-refractivity contribution is 7.99. The van der Waals surface area contributed by atoms with E-state index in [1.54, 1.807) is 23.8 Å². The first-order chi connectivity index (χ1) is 15.1. The van der Waals surface area contributed by atoms with Crippen LogP contribution in [0, 0.1) is 0 Å². The number of rotatable bonds is 8. The lowest BCUT2D eigenvalue weighted by Gasteiger charge is -2.12. The Morgan fingerprint density at radius 1 is 1.19 bits per heavy atom. The predicted octanol–water partition coefficient (Wildman–Crippen LogP) is 4.68. The largest absolute Gasteiger partial charge is 0.495 e. The Kier molecular flexibility index (Phi) is 6.27. The second kappa shape index (κ2) is 9.26. The van der Waals surface area contributed by atoms with E-state index in [2.05, 4.69) is 12.2 Å². The summed E-state index contributed by atoms with van der Waals surface area (Å²) in [5.41, 5.74) is 1.78. The standard InChI is InChI=1S/C23H23N3O4S/c1-3-4-13-26-22(28)21-20(15-9-5-7-11-17(15)30-21)25-23(26)31-14-19(27)24-16-10-6-8-12-18(16)29-2/h5-12H,3-4,13-14H2,1-2H3,(H,24,27). The highest BCUT2D eigenvalue weighted by Gasteiger charge is 2.18. The Hall–Kier alpha value is -3.26. The van der Waals surface area contributed by atoms with Crippen molar-refractivity contribution in [3.8, 4) is 5.75 Å². The van der Waals surface area contributed by atoms with Crippen molar-refractivity contribution < 1.29 is 13.9 Å². The van der Waals surface area contributed by atoms with E-state index in [0.717, 1.165) is 18.2 Å². The van der Waals surface area contributed by atoms with Gasteiger partial charge in [-0.1, -0.05) is 49.4 Å². The predicted molar refractivity (Wildman–Crippen MR) is 123 cm³/mol. The highest BCUT2D eigenvalue weighted by Crippen LogP contribution is 2.28. The molecule has 0 radical (unpaired) electrons. The Balaban J connectivity index is 1.64. The molecule has 0 saturated carbocycles. The number of carbonyl (C=O) groups excluding carboxylic acids is 1. The second-order valence-electron chi connectivity index (χ2n) is 7.02. The van der Waals surface area contributed by atoms with Crippen LogP contribution in [0.5, 0.6) is 5.75 Å². The molecule has 1 amide bonds. The number of thioether (sulfide) groups is 1. The number of hydrogen-bond donors (Lipinski definition) is 1. The third kappa shape index (κ3) is 4.29. The first kappa shape index (κ1) is 21.0. The minimum absolute atomic E-state index is 0.109. The summed E-state index contributed by atoms with van der Waals surface area (Å²) in [4.78, 5) is 30.4. The van der Waals surface area contributed by atoms with Crippen LogP contribution in [0.25, 0.3) is 22.1 Å². The van der Waals surface area contributed by atoms with Gasteiger partial charge in [-0.2, -0.15) is 0 Å². The molecule has 0 spiro atoms. The molecule has 2 heterocycles. The fraction of sp³-hybridized carbons (Fsp3) is 0.261. The van der Waals surface area contributed by atoms with Crippen LogP contribution in [0.4, 0.5) is 5.69 Å². The summed E-state index contributed by atoms with van der Waals surface area (Å²) in [6.07, 6.45) is 1.76. The van der Waals surface area contributed by atoms with E-state index in [1.165, 1.54) is 11.8 Å². The molecule has 2 aromatic carbocycles. The van der Waals surface area contributed by atoms with Crippen LogP contribution < -0.4 is 15.6 Å². The fourth-order valence-corrected chi connectivity index (χ4v) is 4.16. The van der Waals surface area contributed by atoms with Gasteiger partial charge in [0, 0.05) is 11.9 Å². The number of aromatic nitrogens is 2. The van der Waals surface area contributed by atoms with Crippen LogP contribution in [0.15, 0.2) is 62.9 Å². The molecular formula is C23H23N3O4S. The second-order valence-corrected chi connectivity index (χ2v) is 7.96. The maximum atomic E-state index is 13.1. The van der Waals surface area contributed by atoms with E-state index in [9.17, 15) is 9.59 Å². The summed E-state index contributed by atoms with van der Waals surface area (Å²) in [5.74, 6) is 0.491. The van der Waals surface area contributed by atoms with E-state index in [0.29, 0.717) is 34.2 Å². The minimum Gasteiger partial charge on any atom is -0.495 e. The Bertz CT molecular complexity index is 1300. The molecule has 1 N–H and O–H groups in total. The molecular weight excluding hydrogens is 414 g/mol. The quantitative estimate of drug-likeness (QED) is 0.318. The normalized spacial score (nSPS) is 11.2. The van der Waals surface area contributed by atoms with E-state index in [4.69, 9.17) is 14.1 Å².